The van der Waals surface area contributed by atoms with Crippen molar-refractivity contribution in [2.45, 2.75) is 19.9 Å². The van der Waals surface area contributed by atoms with E-state index in [-0.39, 0.29) is 11.5 Å². The summed E-state index contributed by atoms with van der Waals surface area (Å²) in [6, 6.07) is 10.8. The summed E-state index contributed by atoms with van der Waals surface area (Å²) in [4.78, 5) is 19.2. The van der Waals surface area contributed by atoms with E-state index in [1.807, 2.05) is 31.2 Å². The number of imidazole rings is 1. The molecule has 0 saturated heterocycles. The maximum Gasteiger partial charge on any atom is 0.311 e. The Morgan fingerprint density at radius 2 is 2.12 bits per heavy atom. The number of hydrogen-bond donors (Lipinski definition) is 1. The number of aromatic nitrogens is 3. The Hall–Kier alpha value is -3.16. The summed E-state index contributed by atoms with van der Waals surface area (Å²) in [6.07, 6.45) is 2.58. The highest BCUT2D eigenvalue weighted by atomic mass is 16.6. The van der Waals surface area contributed by atoms with Crippen LogP contribution in [0.25, 0.3) is 11.0 Å². The molecule has 0 fully saturated rings. The van der Waals surface area contributed by atoms with Gasteiger partial charge in [-0.25, -0.2) is 4.98 Å². The normalized spacial score (nSPS) is 10.8. The van der Waals surface area contributed by atoms with Crippen LogP contribution in [0.4, 0.5) is 11.5 Å². The van der Waals surface area contributed by atoms with Crippen LogP contribution in [0.5, 0.6) is 5.88 Å². The minimum atomic E-state index is -0.450. The van der Waals surface area contributed by atoms with E-state index < -0.39 is 4.92 Å². The fraction of sp³-hybridized carbons (Fsp3) is 0.294. The van der Waals surface area contributed by atoms with Gasteiger partial charge in [0.05, 0.1) is 28.9 Å². The van der Waals surface area contributed by atoms with Crippen LogP contribution in [0.1, 0.15) is 13.3 Å². The van der Waals surface area contributed by atoms with Gasteiger partial charge in [-0.05, 0) is 25.5 Å². The van der Waals surface area contributed by atoms with E-state index in [2.05, 4.69) is 19.9 Å². The molecule has 8 heteroatoms. The standard InChI is InChI=1S/C17H19N5O3/c1-2-25-16-9-8-15(22(23)24)17(20-16)18-10-5-11-21-12-19-13-6-3-4-7-14(13)21/h3-4,6-9,12H,2,5,10-11H2,1H3,(H,18,20). The molecule has 3 aromatic rings. The molecule has 0 bridgehead atoms. The van der Waals surface area contributed by atoms with Gasteiger partial charge in [0.25, 0.3) is 0 Å². The Labute approximate surface area is 144 Å². The van der Waals surface area contributed by atoms with Crippen LogP contribution < -0.4 is 10.1 Å². The molecule has 0 aliphatic heterocycles. The number of ether oxygens (including phenoxy) is 1. The number of rotatable bonds is 8. The van der Waals surface area contributed by atoms with Crippen molar-refractivity contribution in [1.29, 1.82) is 0 Å². The topological polar surface area (TPSA) is 95.1 Å². The van der Waals surface area contributed by atoms with Crippen molar-refractivity contribution in [2.24, 2.45) is 0 Å². The predicted octanol–water partition coefficient (Wildman–Crippen LogP) is 3.24. The van der Waals surface area contributed by atoms with Gasteiger partial charge in [-0.2, -0.15) is 4.98 Å². The first-order chi connectivity index (χ1) is 12.2. The molecule has 0 aliphatic rings. The van der Waals surface area contributed by atoms with Crippen LogP contribution in [0.2, 0.25) is 0 Å². The van der Waals surface area contributed by atoms with Crippen molar-refractivity contribution in [3.05, 3.63) is 52.8 Å². The van der Waals surface area contributed by atoms with E-state index in [9.17, 15) is 10.1 Å². The number of nitro groups is 1. The monoisotopic (exact) mass is 341 g/mol. The molecular weight excluding hydrogens is 322 g/mol. The molecule has 0 amide bonds. The summed E-state index contributed by atoms with van der Waals surface area (Å²) in [6.45, 7) is 3.60. The van der Waals surface area contributed by atoms with Crippen LogP contribution in [0, 0.1) is 10.1 Å². The summed E-state index contributed by atoms with van der Waals surface area (Å²) in [5, 5.41) is 14.2. The van der Waals surface area contributed by atoms with Gasteiger partial charge in [0.2, 0.25) is 11.7 Å². The van der Waals surface area contributed by atoms with Gasteiger partial charge in [0.1, 0.15) is 0 Å². The molecule has 2 heterocycles. The maximum atomic E-state index is 11.1. The third-order valence-electron chi connectivity index (χ3n) is 3.73. The number of benzene rings is 1. The molecule has 0 unspecified atom stereocenters. The molecule has 8 nitrogen and oxygen atoms in total. The molecule has 1 aromatic carbocycles. The number of hydrogen-bond acceptors (Lipinski definition) is 6. The lowest BCUT2D eigenvalue weighted by Crippen LogP contribution is -2.09. The molecule has 0 radical (unpaired) electrons. The van der Waals surface area contributed by atoms with Crippen molar-refractivity contribution in [3.63, 3.8) is 0 Å². The quantitative estimate of drug-likeness (QED) is 0.384. The summed E-state index contributed by atoms with van der Waals surface area (Å²) in [5.74, 6) is 0.600. The Morgan fingerprint density at radius 1 is 1.28 bits per heavy atom. The van der Waals surface area contributed by atoms with E-state index >= 15 is 0 Å². The number of nitrogens with one attached hydrogen (secondary N) is 1. The second kappa shape index (κ2) is 7.61. The van der Waals surface area contributed by atoms with E-state index in [0.29, 0.717) is 19.0 Å². The summed E-state index contributed by atoms with van der Waals surface area (Å²) < 4.78 is 7.37. The first-order valence-corrected chi connectivity index (χ1v) is 8.11. The summed E-state index contributed by atoms with van der Waals surface area (Å²) >= 11 is 0. The number of nitrogens with zero attached hydrogens (tertiary/aromatic N) is 4. The van der Waals surface area contributed by atoms with Gasteiger partial charge in [-0.3, -0.25) is 10.1 Å². The maximum absolute atomic E-state index is 11.1. The lowest BCUT2D eigenvalue weighted by atomic mass is 10.3. The Bertz CT molecular complexity index is 878. The highest BCUT2D eigenvalue weighted by Gasteiger charge is 2.16. The van der Waals surface area contributed by atoms with Gasteiger partial charge in [0.15, 0.2) is 0 Å². The van der Waals surface area contributed by atoms with Crippen molar-refractivity contribution in [1.82, 2.24) is 14.5 Å². The largest absolute Gasteiger partial charge is 0.478 e. The second-order valence-electron chi connectivity index (χ2n) is 5.41. The first-order valence-electron chi connectivity index (χ1n) is 8.11. The Morgan fingerprint density at radius 3 is 2.92 bits per heavy atom. The third kappa shape index (κ3) is 3.85. The van der Waals surface area contributed by atoms with E-state index in [1.165, 1.54) is 12.1 Å². The Kier molecular flexibility index (Phi) is 5.08. The molecule has 0 atom stereocenters. The minimum Gasteiger partial charge on any atom is -0.478 e. The summed E-state index contributed by atoms with van der Waals surface area (Å²) in [5.41, 5.74) is 1.97. The van der Waals surface area contributed by atoms with Gasteiger partial charge in [-0.15, -0.1) is 0 Å². The zero-order valence-corrected chi connectivity index (χ0v) is 13.9. The van der Waals surface area contributed by atoms with Crippen LogP contribution in [0.15, 0.2) is 42.7 Å². The zero-order chi connectivity index (χ0) is 17.6. The average molecular weight is 341 g/mol. The van der Waals surface area contributed by atoms with E-state index in [0.717, 1.165) is 24.0 Å². The first kappa shape index (κ1) is 16.7. The molecule has 0 saturated carbocycles. The number of para-hydroxylation sites is 2. The highest BCUT2D eigenvalue weighted by molar-refractivity contribution is 5.74. The molecule has 0 spiro atoms. The lowest BCUT2D eigenvalue weighted by molar-refractivity contribution is -0.384. The van der Waals surface area contributed by atoms with Gasteiger partial charge >= 0.3 is 5.69 Å². The zero-order valence-electron chi connectivity index (χ0n) is 13.9. The number of fused-ring (bicyclic) bond motifs is 1. The molecule has 130 valence electrons. The fourth-order valence-electron chi connectivity index (χ4n) is 2.58. The molecule has 3 rings (SSSR count). The minimum absolute atomic E-state index is 0.0588. The highest BCUT2D eigenvalue weighted by Crippen LogP contribution is 2.25. The number of aryl methyl sites for hydroxylation is 1. The number of pyridine rings is 1. The fourth-order valence-corrected chi connectivity index (χ4v) is 2.58. The second-order valence-corrected chi connectivity index (χ2v) is 5.41. The Balaban J connectivity index is 1.63. The predicted molar refractivity (Wildman–Crippen MR) is 94.9 cm³/mol. The van der Waals surface area contributed by atoms with Crippen LogP contribution >= 0.6 is 0 Å². The molecule has 1 N–H and O–H groups in total. The third-order valence-corrected chi connectivity index (χ3v) is 3.73. The molecule has 2 aromatic heterocycles. The molecular formula is C17H19N5O3. The lowest BCUT2D eigenvalue weighted by Gasteiger charge is -2.09. The molecule has 25 heavy (non-hydrogen) atoms. The number of anilines is 1. The summed E-state index contributed by atoms with van der Waals surface area (Å²) in [7, 11) is 0. The SMILES string of the molecule is CCOc1ccc([N+](=O)[O-])c(NCCCn2cnc3ccccc32)n1. The van der Waals surface area contributed by atoms with Crippen molar-refractivity contribution in [3.8, 4) is 5.88 Å². The molecule has 0 aliphatic carbocycles. The van der Waals surface area contributed by atoms with Gasteiger partial charge in [0, 0.05) is 25.2 Å². The van der Waals surface area contributed by atoms with Gasteiger partial charge in [-0.1, -0.05) is 12.1 Å². The van der Waals surface area contributed by atoms with Crippen molar-refractivity contribution < 1.29 is 9.66 Å². The van der Waals surface area contributed by atoms with Crippen molar-refractivity contribution in [2.75, 3.05) is 18.5 Å². The van der Waals surface area contributed by atoms with Crippen molar-refractivity contribution >= 4 is 22.5 Å². The van der Waals surface area contributed by atoms with Crippen LogP contribution in [-0.4, -0.2) is 32.6 Å². The van der Waals surface area contributed by atoms with E-state index in [1.54, 1.807) is 6.33 Å². The van der Waals surface area contributed by atoms with E-state index in [4.69, 9.17) is 4.74 Å². The van der Waals surface area contributed by atoms with Gasteiger partial charge < -0.3 is 14.6 Å². The average Bonchev–Trinajstić information content (AvgIpc) is 3.02. The smallest absolute Gasteiger partial charge is 0.311 e. The van der Waals surface area contributed by atoms with Crippen LogP contribution in [0.3, 0.4) is 0 Å². The van der Waals surface area contributed by atoms with Crippen LogP contribution in [-0.2, 0) is 6.54 Å².